The first-order valence-corrected chi connectivity index (χ1v) is 5.64. The first-order chi connectivity index (χ1) is 9.47. The molecule has 0 saturated heterocycles. The summed E-state index contributed by atoms with van der Waals surface area (Å²) in [6, 6.07) is 4.30. The molecule has 0 aliphatic rings. The van der Waals surface area contributed by atoms with Gasteiger partial charge in [0.05, 0.1) is 16.9 Å². The molecule has 0 bridgehead atoms. The van der Waals surface area contributed by atoms with Crippen LogP contribution in [0.25, 0.3) is 11.0 Å². The molecule has 1 aromatic heterocycles. The molecular weight excluding hydrogens is 268 g/mol. The van der Waals surface area contributed by atoms with Crippen LogP contribution in [-0.4, -0.2) is 17.5 Å². The van der Waals surface area contributed by atoms with Gasteiger partial charge in [-0.25, -0.2) is 4.79 Å². The summed E-state index contributed by atoms with van der Waals surface area (Å²) in [4.78, 5) is 33.8. The van der Waals surface area contributed by atoms with E-state index in [0.29, 0.717) is 0 Å². The summed E-state index contributed by atoms with van der Waals surface area (Å²) in [5.41, 5.74) is 3.69. The minimum absolute atomic E-state index is 0.00529. The third kappa shape index (κ3) is 2.07. The van der Waals surface area contributed by atoms with Gasteiger partial charge in [0.1, 0.15) is 5.58 Å². The number of hydrogen-bond donors (Lipinski definition) is 1. The van der Waals surface area contributed by atoms with E-state index in [2.05, 4.69) is 4.74 Å². The molecule has 0 aliphatic carbocycles. The molecule has 0 spiro atoms. The zero-order valence-electron chi connectivity index (χ0n) is 10.4. The van der Waals surface area contributed by atoms with E-state index >= 15 is 0 Å². The lowest BCUT2D eigenvalue weighted by Gasteiger charge is -2.05. The Labute approximate surface area is 111 Å². The number of nitro groups is 1. The highest BCUT2D eigenvalue weighted by molar-refractivity contribution is 5.97. The van der Waals surface area contributed by atoms with Crippen molar-refractivity contribution < 1.29 is 18.9 Å². The van der Waals surface area contributed by atoms with Crippen molar-refractivity contribution in [2.75, 3.05) is 12.3 Å². The van der Waals surface area contributed by atoms with Gasteiger partial charge in [0.15, 0.2) is 0 Å². The van der Waals surface area contributed by atoms with Crippen LogP contribution in [0.5, 0.6) is 0 Å². The summed E-state index contributed by atoms with van der Waals surface area (Å²) in [6.45, 7) is 1.52. The summed E-state index contributed by atoms with van der Waals surface area (Å²) >= 11 is 0. The SMILES string of the molecule is CCOC(=O)c1oc2cccc(N)c2c(=O)c1[N+](=O)[O-]. The van der Waals surface area contributed by atoms with Gasteiger partial charge in [-0.1, -0.05) is 6.07 Å². The zero-order valence-corrected chi connectivity index (χ0v) is 10.4. The second-order valence-electron chi connectivity index (χ2n) is 3.81. The standard InChI is InChI=1S/C12H10N2O6/c1-2-19-12(16)11-9(14(17)18)10(15)8-6(13)4-3-5-7(8)20-11/h3-5H,2,13H2,1H3. The second kappa shape index (κ2) is 5.00. The molecule has 1 heterocycles. The Morgan fingerprint density at radius 2 is 2.20 bits per heavy atom. The van der Waals surface area contributed by atoms with Crippen LogP contribution in [0, 0.1) is 10.1 Å². The number of carbonyl (C=O) groups excluding carboxylic acids is 1. The quantitative estimate of drug-likeness (QED) is 0.389. The molecule has 0 saturated carbocycles. The Hall–Kier alpha value is -2.90. The van der Waals surface area contributed by atoms with Crippen molar-refractivity contribution in [1.29, 1.82) is 0 Å². The average molecular weight is 278 g/mol. The monoisotopic (exact) mass is 278 g/mol. The normalized spacial score (nSPS) is 10.4. The van der Waals surface area contributed by atoms with E-state index in [1.54, 1.807) is 0 Å². The van der Waals surface area contributed by atoms with Gasteiger partial charge in [-0.3, -0.25) is 14.9 Å². The fourth-order valence-electron chi connectivity index (χ4n) is 1.76. The number of fused-ring (bicyclic) bond motifs is 1. The van der Waals surface area contributed by atoms with Crippen LogP contribution in [0.4, 0.5) is 11.4 Å². The molecule has 20 heavy (non-hydrogen) atoms. The Morgan fingerprint density at radius 3 is 2.80 bits per heavy atom. The van der Waals surface area contributed by atoms with Crippen molar-refractivity contribution in [1.82, 2.24) is 0 Å². The Balaban J connectivity index is 2.88. The number of hydrogen-bond acceptors (Lipinski definition) is 7. The molecule has 2 N–H and O–H groups in total. The van der Waals surface area contributed by atoms with Crippen molar-refractivity contribution in [3.05, 3.63) is 44.3 Å². The van der Waals surface area contributed by atoms with Crippen molar-refractivity contribution >= 4 is 28.3 Å². The van der Waals surface area contributed by atoms with E-state index in [1.807, 2.05) is 0 Å². The zero-order chi connectivity index (χ0) is 14.9. The van der Waals surface area contributed by atoms with Crippen molar-refractivity contribution in [3.63, 3.8) is 0 Å². The van der Waals surface area contributed by atoms with Crippen LogP contribution in [0.2, 0.25) is 0 Å². The first kappa shape index (κ1) is 13.5. The average Bonchev–Trinajstić information content (AvgIpc) is 2.38. The minimum atomic E-state index is -1.07. The minimum Gasteiger partial charge on any atom is -0.460 e. The van der Waals surface area contributed by atoms with E-state index in [-0.39, 0.29) is 23.3 Å². The first-order valence-electron chi connectivity index (χ1n) is 5.64. The van der Waals surface area contributed by atoms with Gasteiger partial charge in [-0.15, -0.1) is 0 Å². The van der Waals surface area contributed by atoms with E-state index < -0.39 is 27.8 Å². The maximum atomic E-state index is 12.1. The number of ether oxygens (including phenoxy) is 1. The number of anilines is 1. The van der Waals surface area contributed by atoms with Gasteiger partial charge in [0.25, 0.3) is 11.2 Å². The van der Waals surface area contributed by atoms with Crippen LogP contribution in [0.15, 0.2) is 27.4 Å². The summed E-state index contributed by atoms with van der Waals surface area (Å²) in [6.07, 6.45) is 0. The van der Waals surface area contributed by atoms with Crippen LogP contribution in [0.3, 0.4) is 0 Å². The highest BCUT2D eigenvalue weighted by Crippen LogP contribution is 2.24. The number of nitrogen functional groups attached to an aromatic ring is 1. The van der Waals surface area contributed by atoms with Crippen LogP contribution in [-0.2, 0) is 4.74 Å². The third-order valence-electron chi connectivity index (χ3n) is 2.57. The molecule has 1 aromatic carbocycles. The van der Waals surface area contributed by atoms with Gasteiger partial charge in [-0.2, -0.15) is 0 Å². The molecule has 8 nitrogen and oxygen atoms in total. The number of rotatable bonds is 3. The fourth-order valence-corrected chi connectivity index (χ4v) is 1.76. The second-order valence-corrected chi connectivity index (χ2v) is 3.81. The maximum Gasteiger partial charge on any atom is 0.381 e. The number of esters is 1. The summed E-state index contributed by atoms with van der Waals surface area (Å²) in [7, 11) is 0. The van der Waals surface area contributed by atoms with Crippen molar-refractivity contribution in [3.8, 4) is 0 Å². The molecule has 0 atom stereocenters. The molecular formula is C12H10N2O6. The van der Waals surface area contributed by atoms with E-state index in [4.69, 9.17) is 10.2 Å². The highest BCUT2D eigenvalue weighted by Gasteiger charge is 2.31. The lowest BCUT2D eigenvalue weighted by atomic mass is 10.1. The lowest BCUT2D eigenvalue weighted by molar-refractivity contribution is -0.387. The summed E-state index contributed by atoms with van der Waals surface area (Å²) in [5, 5.41) is 10.9. The molecule has 0 aliphatic heterocycles. The van der Waals surface area contributed by atoms with Crippen LogP contribution >= 0.6 is 0 Å². The summed E-state index contributed by atoms with van der Waals surface area (Å²) < 4.78 is 9.78. The van der Waals surface area contributed by atoms with Crippen LogP contribution in [0.1, 0.15) is 17.5 Å². The molecule has 0 fully saturated rings. The van der Waals surface area contributed by atoms with Crippen molar-refractivity contribution in [2.45, 2.75) is 6.92 Å². The van der Waals surface area contributed by atoms with Gasteiger partial charge in [-0.05, 0) is 19.1 Å². The van der Waals surface area contributed by atoms with Crippen LogP contribution < -0.4 is 11.2 Å². The van der Waals surface area contributed by atoms with Gasteiger partial charge >= 0.3 is 11.7 Å². The number of carbonyl (C=O) groups is 1. The van der Waals surface area contributed by atoms with E-state index in [9.17, 15) is 19.7 Å². The lowest BCUT2D eigenvalue weighted by Crippen LogP contribution is -2.17. The fraction of sp³-hybridized carbons (Fsp3) is 0.167. The predicted molar refractivity (Wildman–Crippen MR) is 69.5 cm³/mol. The van der Waals surface area contributed by atoms with Gasteiger partial charge in [0.2, 0.25) is 0 Å². The Kier molecular flexibility index (Phi) is 3.38. The number of nitrogens with two attached hydrogens (primary N) is 1. The van der Waals surface area contributed by atoms with E-state index in [0.717, 1.165) is 0 Å². The number of benzene rings is 1. The topological polar surface area (TPSA) is 126 Å². The molecule has 2 aromatic rings. The largest absolute Gasteiger partial charge is 0.460 e. The Morgan fingerprint density at radius 1 is 1.50 bits per heavy atom. The molecule has 0 radical (unpaired) electrons. The maximum absolute atomic E-state index is 12.1. The molecule has 2 rings (SSSR count). The van der Waals surface area contributed by atoms with Crippen molar-refractivity contribution in [2.24, 2.45) is 0 Å². The summed E-state index contributed by atoms with van der Waals surface area (Å²) in [5.74, 6) is -1.81. The molecule has 0 amide bonds. The Bertz CT molecular complexity index is 764. The third-order valence-corrected chi connectivity index (χ3v) is 2.57. The van der Waals surface area contributed by atoms with Gasteiger partial charge < -0.3 is 14.9 Å². The molecule has 0 unspecified atom stereocenters. The highest BCUT2D eigenvalue weighted by atomic mass is 16.6. The smallest absolute Gasteiger partial charge is 0.381 e. The molecule has 8 heteroatoms. The van der Waals surface area contributed by atoms with E-state index in [1.165, 1.54) is 25.1 Å². The number of nitrogens with zero attached hydrogens (tertiary/aromatic N) is 1. The molecule has 104 valence electrons. The predicted octanol–water partition coefficient (Wildman–Crippen LogP) is 1.46. The van der Waals surface area contributed by atoms with Gasteiger partial charge in [0, 0.05) is 5.69 Å².